The molecule has 2 fully saturated rings. The van der Waals surface area contributed by atoms with Gasteiger partial charge in [-0.25, -0.2) is 0 Å². The van der Waals surface area contributed by atoms with Crippen molar-refractivity contribution in [1.82, 2.24) is 9.80 Å². The number of ether oxygens (including phenoxy) is 1. The SMILES string of the molecule is CC1SCCN(CC(O)CN2CCOCC2)C1C. The van der Waals surface area contributed by atoms with Gasteiger partial charge in [-0.15, -0.1) is 0 Å². The van der Waals surface area contributed by atoms with Crippen LogP contribution in [0.1, 0.15) is 13.8 Å². The second kappa shape index (κ2) is 7.10. The Labute approximate surface area is 115 Å². The molecule has 18 heavy (non-hydrogen) atoms. The van der Waals surface area contributed by atoms with Gasteiger partial charge in [-0.3, -0.25) is 9.80 Å². The zero-order chi connectivity index (χ0) is 13.0. The summed E-state index contributed by atoms with van der Waals surface area (Å²) < 4.78 is 5.33. The molecule has 2 saturated heterocycles. The fourth-order valence-electron chi connectivity index (χ4n) is 2.66. The molecule has 3 atom stereocenters. The van der Waals surface area contributed by atoms with Crippen molar-refractivity contribution in [2.45, 2.75) is 31.2 Å². The Bertz CT molecular complexity index is 249. The molecule has 0 bridgehead atoms. The van der Waals surface area contributed by atoms with Crippen LogP contribution >= 0.6 is 11.8 Å². The van der Waals surface area contributed by atoms with Crippen LogP contribution in [0.15, 0.2) is 0 Å². The van der Waals surface area contributed by atoms with Crippen molar-refractivity contribution in [3.8, 4) is 0 Å². The van der Waals surface area contributed by atoms with Crippen LogP contribution in [0.2, 0.25) is 0 Å². The molecular weight excluding hydrogens is 248 g/mol. The molecule has 0 aromatic heterocycles. The first kappa shape index (κ1) is 14.6. The van der Waals surface area contributed by atoms with Crippen molar-refractivity contribution in [2.24, 2.45) is 0 Å². The van der Waals surface area contributed by atoms with Gasteiger partial charge >= 0.3 is 0 Å². The Hall–Kier alpha value is 0.190. The van der Waals surface area contributed by atoms with Crippen LogP contribution in [0.25, 0.3) is 0 Å². The van der Waals surface area contributed by atoms with Crippen LogP contribution in [0, 0.1) is 0 Å². The summed E-state index contributed by atoms with van der Waals surface area (Å²) in [6.07, 6.45) is -0.235. The van der Waals surface area contributed by atoms with Gasteiger partial charge in [-0.2, -0.15) is 11.8 Å². The Morgan fingerprint density at radius 1 is 1.22 bits per heavy atom. The molecule has 2 aliphatic rings. The maximum Gasteiger partial charge on any atom is 0.0793 e. The maximum atomic E-state index is 10.2. The number of aliphatic hydroxyl groups excluding tert-OH is 1. The molecule has 0 aromatic rings. The fraction of sp³-hybridized carbons (Fsp3) is 1.00. The summed E-state index contributed by atoms with van der Waals surface area (Å²) in [7, 11) is 0. The van der Waals surface area contributed by atoms with Crippen LogP contribution in [0.5, 0.6) is 0 Å². The summed E-state index contributed by atoms with van der Waals surface area (Å²) in [5.41, 5.74) is 0. The van der Waals surface area contributed by atoms with Crippen molar-refractivity contribution in [3.63, 3.8) is 0 Å². The van der Waals surface area contributed by atoms with Crippen LogP contribution in [0.3, 0.4) is 0 Å². The molecule has 0 spiro atoms. The Balaban J connectivity index is 1.73. The minimum atomic E-state index is -0.235. The molecular formula is C13H26N2O2S. The van der Waals surface area contributed by atoms with Crippen molar-refractivity contribution < 1.29 is 9.84 Å². The maximum absolute atomic E-state index is 10.2. The number of rotatable bonds is 4. The lowest BCUT2D eigenvalue weighted by Gasteiger charge is -2.39. The van der Waals surface area contributed by atoms with Gasteiger partial charge in [0.05, 0.1) is 19.3 Å². The highest BCUT2D eigenvalue weighted by molar-refractivity contribution is 8.00. The van der Waals surface area contributed by atoms with Crippen LogP contribution < -0.4 is 0 Å². The van der Waals surface area contributed by atoms with Gasteiger partial charge in [0.2, 0.25) is 0 Å². The molecule has 0 saturated carbocycles. The molecule has 0 aliphatic carbocycles. The predicted molar refractivity (Wildman–Crippen MR) is 76.2 cm³/mol. The molecule has 3 unspecified atom stereocenters. The number of hydrogen-bond acceptors (Lipinski definition) is 5. The van der Waals surface area contributed by atoms with E-state index in [1.165, 1.54) is 5.75 Å². The summed E-state index contributed by atoms with van der Waals surface area (Å²) in [5, 5.41) is 10.9. The Morgan fingerprint density at radius 3 is 2.67 bits per heavy atom. The first-order chi connectivity index (χ1) is 8.66. The third-order valence-corrected chi connectivity index (χ3v) is 5.37. The van der Waals surface area contributed by atoms with E-state index >= 15 is 0 Å². The minimum Gasteiger partial charge on any atom is -0.390 e. The molecule has 2 heterocycles. The van der Waals surface area contributed by atoms with Crippen molar-refractivity contribution in [2.75, 3.05) is 51.7 Å². The average Bonchev–Trinajstić information content (AvgIpc) is 2.36. The molecule has 2 aliphatic heterocycles. The summed E-state index contributed by atoms with van der Waals surface area (Å²) in [6.45, 7) is 10.8. The predicted octanol–water partition coefficient (Wildman–Crippen LogP) is 0.505. The van der Waals surface area contributed by atoms with E-state index in [1.807, 2.05) is 11.8 Å². The van der Waals surface area contributed by atoms with E-state index < -0.39 is 0 Å². The highest BCUT2D eigenvalue weighted by atomic mass is 32.2. The average molecular weight is 274 g/mol. The summed E-state index contributed by atoms with van der Waals surface area (Å²) in [5.74, 6) is 1.19. The molecule has 5 heteroatoms. The highest BCUT2D eigenvalue weighted by Crippen LogP contribution is 2.24. The summed E-state index contributed by atoms with van der Waals surface area (Å²) in [4.78, 5) is 4.74. The van der Waals surface area contributed by atoms with E-state index in [1.54, 1.807) is 0 Å². The van der Waals surface area contributed by atoms with Gasteiger partial charge in [0.1, 0.15) is 0 Å². The zero-order valence-electron chi connectivity index (χ0n) is 11.5. The minimum absolute atomic E-state index is 0.235. The van der Waals surface area contributed by atoms with Gasteiger partial charge < -0.3 is 9.84 Å². The third kappa shape index (κ3) is 4.10. The van der Waals surface area contributed by atoms with Crippen LogP contribution in [0.4, 0.5) is 0 Å². The second-order valence-electron chi connectivity index (χ2n) is 5.38. The Kier molecular flexibility index (Phi) is 5.76. The zero-order valence-corrected chi connectivity index (χ0v) is 12.4. The standard InChI is InChI=1S/C13H26N2O2S/c1-11-12(2)18-8-5-15(11)10-13(16)9-14-3-6-17-7-4-14/h11-13,16H,3-10H2,1-2H3. The van der Waals surface area contributed by atoms with E-state index in [-0.39, 0.29) is 6.10 Å². The van der Waals surface area contributed by atoms with E-state index in [4.69, 9.17) is 4.74 Å². The van der Waals surface area contributed by atoms with Gasteiger partial charge in [0, 0.05) is 49.8 Å². The van der Waals surface area contributed by atoms with Crippen LogP contribution in [-0.2, 0) is 4.74 Å². The third-order valence-electron chi connectivity index (χ3n) is 4.03. The van der Waals surface area contributed by atoms with E-state index in [9.17, 15) is 5.11 Å². The number of β-amino-alcohol motifs (C(OH)–C–C–N with tert-alkyl or cyclic N) is 1. The number of morpholine rings is 1. The number of hydrogen-bond donors (Lipinski definition) is 1. The largest absolute Gasteiger partial charge is 0.390 e. The lowest BCUT2D eigenvalue weighted by Crippen LogP contribution is -2.50. The van der Waals surface area contributed by atoms with Gasteiger partial charge in [0.15, 0.2) is 0 Å². The lowest BCUT2D eigenvalue weighted by atomic mass is 10.2. The first-order valence-corrected chi connectivity index (χ1v) is 8.05. The topological polar surface area (TPSA) is 35.9 Å². The fourth-order valence-corrected chi connectivity index (χ4v) is 3.83. The quantitative estimate of drug-likeness (QED) is 0.808. The van der Waals surface area contributed by atoms with Crippen molar-refractivity contribution in [1.29, 1.82) is 0 Å². The van der Waals surface area contributed by atoms with Crippen LogP contribution in [-0.4, -0.2) is 84.0 Å². The van der Waals surface area contributed by atoms with E-state index in [0.717, 1.165) is 45.9 Å². The van der Waals surface area contributed by atoms with Gasteiger partial charge in [0.25, 0.3) is 0 Å². The van der Waals surface area contributed by atoms with Gasteiger partial charge in [-0.05, 0) is 6.92 Å². The monoisotopic (exact) mass is 274 g/mol. The summed E-state index contributed by atoms with van der Waals surface area (Å²) in [6, 6.07) is 0.572. The molecule has 106 valence electrons. The molecule has 2 rings (SSSR count). The second-order valence-corrected chi connectivity index (χ2v) is 6.86. The molecule has 1 N–H and O–H groups in total. The Morgan fingerprint density at radius 2 is 1.94 bits per heavy atom. The normalized spacial score (nSPS) is 33.5. The number of nitrogens with zero attached hydrogens (tertiary/aromatic N) is 2. The molecule has 0 amide bonds. The summed E-state index contributed by atoms with van der Waals surface area (Å²) >= 11 is 2.04. The number of aliphatic hydroxyl groups is 1. The molecule has 4 nitrogen and oxygen atoms in total. The smallest absolute Gasteiger partial charge is 0.0793 e. The molecule has 0 aromatic carbocycles. The highest BCUT2D eigenvalue weighted by Gasteiger charge is 2.27. The number of thioether (sulfide) groups is 1. The van der Waals surface area contributed by atoms with Crippen molar-refractivity contribution in [3.05, 3.63) is 0 Å². The van der Waals surface area contributed by atoms with Crippen molar-refractivity contribution >= 4 is 11.8 Å². The van der Waals surface area contributed by atoms with E-state index in [2.05, 4.69) is 23.6 Å². The molecule has 0 radical (unpaired) electrons. The van der Waals surface area contributed by atoms with E-state index in [0.29, 0.717) is 11.3 Å². The van der Waals surface area contributed by atoms with Gasteiger partial charge in [-0.1, -0.05) is 6.92 Å². The first-order valence-electron chi connectivity index (χ1n) is 7.00. The lowest BCUT2D eigenvalue weighted by molar-refractivity contribution is 0.00403.